The Labute approximate surface area is 215 Å². The lowest BCUT2D eigenvalue weighted by Gasteiger charge is -2.35. The number of nitrogens with zero attached hydrogens (tertiary/aromatic N) is 1. The van der Waals surface area contributed by atoms with Crippen LogP contribution in [0.15, 0.2) is 66.0 Å². The van der Waals surface area contributed by atoms with E-state index in [2.05, 4.69) is 5.32 Å². The van der Waals surface area contributed by atoms with Gasteiger partial charge < -0.3 is 19.5 Å². The fourth-order valence-corrected chi connectivity index (χ4v) is 5.60. The molecule has 36 heavy (non-hydrogen) atoms. The van der Waals surface area contributed by atoms with E-state index in [0.717, 1.165) is 30.6 Å². The molecule has 0 unspecified atom stereocenters. The minimum Gasteiger partial charge on any atom is -0.497 e. The molecule has 7 nitrogen and oxygen atoms in total. The van der Waals surface area contributed by atoms with E-state index in [0.29, 0.717) is 22.9 Å². The zero-order chi connectivity index (χ0) is 24.9. The number of ether oxygens (including phenoxy) is 3. The van der Waals surface area contributed by atoms with E-state index in [1.54, 1.807) is 42.3 Å². The predicted molar refractivity (Wildman–Crippen MR) is 139 cm³/mol. The first-order valence-corrected chi connectivity index (χ1v) is 13.2. The van der Waals surface area contributed by atoms with Crippen molar-refractivity contribution >= 4 is 28.8 Å². The number of para-hydroxylation sites is 2. The molecule has 2 atom stereocenters. The molecular weight excluding hydrogens is 476 g/mol. The smallest absolute Gasteiger partial charge is 0.272 e. The largest absolute Gasteiger partial charge is 0.497 e. The van der Waals surface area contributed by atoms with E-state index in [1.165, 1.54) is 17.8 Å². The van der Waals surface area contributed by atoms with Crippen LogP contribution in [0, 0.1) is 0 Å². The molecule has 1 aliphatic heterocycles. The van der Waals surface area contributed by atoms with E-state index in [-0.39, 0.29) is 24.5 Å². The van der Waals surface area contributed by atoms with Gasteiger partial charge in [-0.15, -0.1) is 11.3 Å². The number of rotatable bonds is 7. The number of methoxy groups -OCH3 is 1. The molecule has 5 rings (SSSR count). The van der Waals surface area contributed by atoms with Crippen LogP contribution in [0.1, 0.15) is 43.0 Å². The van der Waals surface area contributed by atoms with Gasteiger partial charge in [0.15, 0.2) is 11.5 Å². The second kappa shape index (κ2) is 11.0. The highest BCUT2D eigenvalue weighted by atomic mass is 32.1. The first-order valence-electron chi connectivity index (χ1n) is 12.3. The Morgan fingerprint density at radius 2 is 1.75 bits per heavy atom. The van der Waals surface area contributed by atoms with Gasteiger partial charge in [0, 0.05) is 16.6 Å². The molecule has 0 spiro atoms. The molecule has 3 aromatic rings. The number of hydrogen-bond donors (Lipinski definition) is 1. The third-order valence-corrected chi connectivity index (χ3v) is 7.57. The van der Waals surface area contributed by atoms with Crippen LogP contribution in [0.4, 0.5) is 5.69 Å². The molecule has 0 radical (unpaired) electrons. The maximum atomic E-state index is 14.1. The highest BCUT2D eigenvalue weighted by Crippen LogP contribution is 2.36. The summed E-state index contributed by atoms with van der Waals surface area (Å²) in [5.74, 6) is 1.24. The summed E-state index contributed by atoms with van der Waals surface area (Å²) in [6, 6.07) is 17.5. The summed E-state index contributed by atoms with van der Waals surface area (Å²) in [6.45, 7) is 0.0594. The Bertz CT molecular complexity index is 1170. The Hall–Kier alpha value is -3.52. The molecule has 2 aliphatic rings. The van der Waals surface area contributed by atoms with Crippen molar-refractivity contribution in [3.05, 3.63) is 70.9 Å². The maximum absolute atomic E-state index is 14.1. The number of carbonyl (C=O) groups is 2. The number of fused-ring (bicyclic) bond motifs is 1. The monoisotopic (exact) mass is 506 g/mol. The third kappa shape index (κ3) is 5.18. The lowest BCUT2D eigenvalue weighted by molar-refractivity contribution is -0.132. The number of amides is 2. The third-order valence-electron chi connectivity index (χ3n) is 6.64. The molecule has 8 heteroatoms. The van der Waals surface area contributed by atoms with Gasteiger partial charge in [-0.3, -0.25) is 14.5 Å². The van der Waals surface area contributed by atoms with Crippen molar-refractivity contribution in [2.75, 3.05) is 18.6 Å². The van der Waals surface area contributed by atoms with Gasteiger partial charge in [-0.05, 0) is 60.7 Å². The fraction of sp³-hybridized carbons (Fsp3) is 0.357. The van der Waals surface area contributed by atoms with Crippen LogP contribution >= 0.6 is 11.3 Å². The minimum atomic E-state index is -0.896. The molecule has 2 aromatic carbocycles. The fourth-order valence-electron chi connectivity index (χ4n) is 4.79. The second-order valence-electron chi connectivity index (χ2n) is 9.03. The van der Waals surface area contributed by atoms with E-state index >= 15 is 0 Å². The molecule has 1 fully saturated rings. The normalized spacial score (nSPS) is 18.2. The predicted octanol–water partition coefficient (Wildman–Crippen LogP) is 5.12. The van der Waals surface area contributed by atoms with Gasteiger partial charge in [0.1, 0.15) is 18.4 Å². The number of hydrogen-bond acceptors (Lipinski definition) is 6. The molecule has 2 amide bonds. The van der Waals surface area contributed by atoms with Crippen molar-refractivity contribution in [1.82, 2.24) is 5.32 Å². The summed E-state index contributed by atoms with van der Waals surface area (Å²) in [6.07, 6.45) is 4.40. The van der Waals surface area contributed by atoms with E-state index in [9.17, 15) is 9.59 Å². The maximum Gasteiger partial charge on any atom is 0.272 e. The number of thiophene rings is 1. The van der Waals surface area contributed by atoms with Gasteiger partial charge in [0.25, 0.3) is 5.91 Å². The molecule has 2 heterocycles. The van der Waals surface area contributed by atoms with Gasteiger partial charge in [-0.2, -0.15) is 0 Å². The van der Waals surface area contributed by atoms with Crippen LogP contribution in [-0.2, 0) is 9.59 Å². The van der Waals surface area contributed by atoms with Crippen LogP contribution in [0.3, 0.4) is 0 Å². The summed E-state index contributed by atoms with van der Waals surface area (Å²) in [5.41, 5.74) is 0.584. The molecule has 0 saturated heterocycles. The second-order valence-corrected chi connectivity index (χ2v) is 10.0. The first kappa shape index (κ1) is 24.2. The van der Waals surface area contributed by atoms with E-state index < -0.39 is 12.1 Å². The van der Waals surface area contributed by atoms with Crippen molar-refractivity contribution in [1.29, 1.82) is 0 Å². The SMILES string of the molecule is COc1ccc(N(C(=O)[C@H]2COc3ccccc3O2)[C@@H](C(=O)NC2CCCCC2)c2cccs2)cc1. The number of anilines is 1. The van der Waals surface area contributed by atoms with Crippen LogP contribution < -0.4 is 24.4 Å². The Kier molecular flexibility index (Phi) is 7.41. The standard InChI is InChI=1S/C28H30N2O5S/c1-33-21-15-13-20(14-16-21)30(28(32)24-18-34-22-10-5-6-11-23(22)35-24)26(25-12-7-17-36-25)27(31)29-19-8-3-2-4-9-19/h5-7,10-17,19,24,26H,2-4,8-9,18H2,1H3,(H,29,31)/t24-,26-/m1/s1. The zero-order valence-electron chi connectivity index (χ0n) is 20.2. The van der Waals surface area contributed by atoms with Gasteiger partial charge in [0.2, 0.25) is 12.0 Å². The lowest BCUT2D eigenvalue weighted by Crippen LogP contribution is -2.52. The Morgan fingerprint density at radius 1 is 1.00 bits per heavy atom. The summed E-state index contributed by atoms with van der Waals surface area (Å²) >= 11 is 1.45. The molecule has 1 aromatic heterocycles. The number of nitrogens with one attached hydrogen (secondary N) is 1. The first-order chi connectivity index (χ1) is 17.6. The summed E-state index contributed by atoms with van der Waals surface area (Å²) in [7, 11) is 1.59. The Balaban J connectivity index is 1.50. The van der Waals surface area contributed by atoms with Crippen molar-refractivity contribution < 1.29 is 23.8 Å². The molecule has 1 saturated carbocycles. The van der Waals surface area contributed by atoms with Crippen LogP contribution in [0.25, 0.3) is 0 Å². The van der Waals surface area contributed by atoms with E-state index in [1.807, 2.05) is 35.7 Å². The van der Waals surface area contributed by atoms with Crippen molar-refractivity contribution in [2.45, 2.75) is 50.3 Å². The minimum absolute atomic E-state index is 0.0594. The topological polar surface area (TPSA) is 77.1 Å². The summed E-state index contributed by atoms with van der Waals surface area (Å²) < 4.78 is 17.2. The number of carbonyl (C=O) groups excluding carboxylic acids is 2. The van der Waals surface area contributed by atoms with Crippen molar-refractivity contribution in [3.8, 4) is 17.2 Å². The molecular formula is C28H30N2O5S. The zero-order valence-corrected chi connectivity index (χ0v) is 21.0. The highest BCUT2D eigenvalue weighted by molar-refractivity contribution is 7.10. The van der Waals surface area contributed by atoms with Gasteiger partial charge in [0.05, 0.1) is 7.11 Å². The molecule has 1 N–H and O–H groups in total. The van der Waals surface area contributed by atoms with Crippen LogP contribution in [-0.4, -0.2) is 37.7 Å². The van der Waals surface area contributed by atoms with Crippen molar-refractivity contribution in [3.63, 3.8) is 0 Å². The van der Waals surface area contributed by atoms with Gasteiger partial charge in [-0.1, -0.05) is 37.5 Å². The van der Waals surface area contributed by atoms with Gasteiger partial charge in [-0.25, -0.2) is 0 Å². The Morgan fingerprint density at radius 3 is 2.44 bits per heavy atom. The average molecular weight is 507 g/mol. The molecule has 0 bridgehead atoms. The van der Waals surface area contributed by atoms with E-state index in [4.69, 9.17) is 14.2 Å². The summed E-state index contributed by atoms with van der Waals surface area (Å²) in [4.78, 5) is 30.3. The lowest BCUT2D eigenvalue weighted by atomic mass is 9.95. The quantitative estimate of drug-likeness (QED) is 0.481. The molecule has 1 aliphatic carbocycles. The average Bonchev–Trinajstić information content (AvgIpc) is 3.46. The van der Waals surface area contributed by atoms with Crippen LogP contribution in [0.5, 0.6) is 17.2 Å². The van der Waals surface area contributed by atoms with Crippen molar-refractivity contribution in [2.24, 2.45) is 0 Å². The summed E-state index contributed by atoms with van der Waals surface area (Å²) in [5, 5.41) is 5.15. The van der Waals surface area contributed by atoms with Gasteiger partial charge >= 0.3 is 0 Å². The van der Waals surface area contributed by atoms with Crippen LogP contribution in [0.2, 0.25) is 0 Å². The highest BCUT2D eigenvalue weighted by Gasteiger charge is 2.40. The number of benzene rings is 2. The molecule has 188 valence electrons.